The molecule has 0 spiro atoms. The molecule has 0 aliphatic carbocycles. The van der Waals surface area contributed by atoms with Crippen LogP contribution >= 0.6 is 11.3 Å². The molecule has 1 aromatic carbocycles. The number of thiophene rings is 1. The van der Waals surface area contributed by atoms with E-state index in [0.717, 1.165) is 0 Å². The molecule has 1 atom stereocenters. The van der Waals surface area contributed by atoms with Gasteiger partial charge in [-0.3, -0.25) is 0 Å². The molecule has 0 N–H and O–H groups in total. The molecule has 1 unspecified atom stereocenters. The summed E-state index contributed by atoms with van der Waals surface area (Å²) in [5.74, 6) is 0.691. The quantitative estimate of drug-likeness (QED) is 0.638. The van der Waals surface area contributed by atoms with Crippen molar-refractivity contribution in [2.24, 2.45) is 0 Å². The highest BCUT2D eigenvalue weighted by Crippen LogP contribution is 2.36. The van der Waals surface area contributed by atoms with Crippen LogP contribution in [0, 0.1) is 13.8 Å². The van der Waals surface area contributed by atoms with Crippen LogP contribution in [0.2, 0.25) is 0 Å². The third-order valence-electron chi connectivity index (χ3n) is 3.67. The zero-order valence-electron chi connectivity index (χ0n) is 11.3. The average molecular weight is 246 g/mol. The van der Waals surface area contributed by atoms with E-state index in [0.29, 0.717) is 5.92 Å². The Kier molecular flexibility index (Phi) is 3.88. The first-order valence-electron chi connectivity index (χ1n) is 6.62. The number of unbranched alkanes of at least 4 members (excludes halogenated alkanes) is 1. The molecular formula is C16H22S. The van der Waals surface area contributed by atoms with Gasteiger partial charge in [-0.15, -0.1) is 11.3 Å². The molecule has 1 aromatic heterocycles. The van der Waals surface area contributed by atoms with Gasteiger partial charge in [0, 0.05) is 4.70 Å². The molecule has 1 heterocycles. The summed E-state index contributed by atoms with van der Waals surface area (Å²) in [4.78, 5) is 0. The Bertz CT molecular complexity index is 507. The predicted molar refractivity (Wildman–Crippen MR) is 79.2 cm³/mol. The van der Waals surface area contributed by atoms with Gasteiger partial charge in [-0.25, -0.2) is 0 Å². The second-order valence-corrected chi connectivity index (χ2v) is 6.02. The number of fused-ring (bicyclic) bond motifs is 1. The number of hydrogen-bond acceptors (Lipinski definition) is 1. The lowest BCUT2D eigenvalue weighted by Crippen LogP contribution is -1.94. The Labute approximate surface area is 109 Å². The van der Waals surface area contributed by atoms with E-state index in [1.54, 1.807) is 5.56 Å². The van der Waals surface area contributed by atoms with E-state index in [1.807, 2.05) is 11.3 Å². The summed E-state index contributed by atoms with van der Waals surface area (Å²) in [6.45, 7) is 9.09. The Morgan fingerprint density at radius 2 is 1.94 bits per heavy atom. The predicted octanol–water partition coefficient (Wildman–Crippen LogP) is 5.81. The van der Waals surface area contributed by atoms with Crippen LogP contribution in [-0.4, -0.2) is 0 Å². The minimum atomic E-state index is 0.691. The van der Waals surface area contributed by atoms with Gasteiger partial charge in [-0.1, -0.05) is 38.8 Å². The molecule has 0 nitrogen and oxygen atoms in total. The highest BCUT2D eigenvalue weighted by Gasteiger charge is 2.13. The van der Waals surface area contributed by atoms with Crippen molar-refractivity contribution >= 4 is 21.4 Å². The van der Waals surface area contributed by atoms with Gasteiger partial charge in [0.15, 0.2) is 0 Å². The standard InChI is InChI=1S/C16H22S/c1-5-6-7-11(2)14-9-8-12(3)15-13(4)10-17-16(14)15/h8-11H,5-7H2,1-4H3. The third-order valence-corrected chi connectivity index (χ3v) is 4.81. The van der Waals surface area contributed by atoms with Crippen LogP contribution in [0.3, 0.4) is 0 Å². The molecule has 0 aliphatic heterocycles. The summed E-state index contributed by atoms with van der Waals surface area (Å²) in [7, 11) is 0. The van der Waals surface area contributed by atoms with Crippen LogP contribution in [0.4, 0.5) is 0 Å². The van der Waals surface area contributed by atoms with E-state index in [2.05, 4.69) is 45.2 Å². The summed E-state index contributed by atoms with van der Waals surface area (Å²) in [6, 6.07) is 4.63. The van der Waals surface area contributed by atoms with Crippen molar-refractivity contribution in [2.75, 3.05) is 0 Å². The van der Waals surface area contributed by atoms with E-state index in [4.69, 9.17) is 0 Å². The van der Waals surface area contributed by atoms with Gasteiger partial charge in [-0.2, -0.15) is 0 Å². The average Bonchev–Trinajstić information content (AvgIpc) is 2.70. The second kappa shape index (κ2) is 5.22. The lowest BCUT2D eigenvalue weighted by atomic mass is 9.93. The Morgan fingerprint density at radius 1 is 1.18 bits per heavy atom. The number of rotatable bonds is 4. The maximum absolute atomic E-state index is 2.37. The topological polar surface area (TPSA) is 0 Å². The van der Waals surface area contributed by atoms with Crippen LogP contribution in [0.25, 0.3) is 10.1 Å². The van der Waals surface area contributed by atoms with E-state index in [-0.39, 0.29) is 0 Å². The Hall–Kier alpha value is -0.820. The van der Waals surface area contributed by atoms with Gasteiger partial charge >= 0.3 is 0 Å². The minimum Gasteiger partial charge on any atom is -0.143 e. The van der Waals surface area contributed by atoms with Crippen molar-refractivity contribution in [1.29, 1.82) is 0 Å². The highest BCUT2D eigenvalue weighted by molar-refractivity contribution is 7.17. The molecule has 17 heavy (non-hydrogen) atoms. The first-order chi connectivity index (χ1) is 8.15. The highest BCUT2D eigenvalue weighted by atomic mass is 32.1. The Balaban J connectivity index is 2.44. The van der Waals surface area contributed by atoms with E-state index in [9.17, 15) is 0 Å². The minimum absolute atomic E-state index is 0.691. The molecule has 0 bridgehead atoms. The molecule has 0 fully saturated rings. The van der Waals surface area contributed by atoms with Crippen molar-refractivity contribution in [3.05, 3.63) is 34.2 Å². The Morgan fingerprint density at radius 3 is 2.65 bits per heavy atom. The first-order valence-corrected chi connectivity index (χ1v) is 7.50. The summed E-state index contributed by atoms with van der Waals surface area (Å²) < 4.78 is 1.52. The van der Waals surface area contributed by atoms with Crippen LogP contribution in [-0.2, 0) is 0 Å². The maximum atomic E-state index is 2.37. The zero-order chi connectivity index (χ0) is 12.4. The molecule has 0 amide bonds. The molecule has 0 saturated carbocycles. The summed E-state index contributed by atoms with van der Waals surface area (Å²) in [5.41, 5.74) is 4.41. The van der Waals surface area contributed by atoms with Crippen molar-refractivity contribution in [3.63, 3.8) is 0 Å². The number of aryl methyl sites for hydroxylation is 2. The van der Waals surface area contributed by atoms with Crippen molar-refractivity contribution in [1.82, 2.24) is 0 Å². The molecule has 0 radical (unpaired) electrons. The third kappa shape index (κ3) is 2.40. The SMILES string of the molecule is CCCCC(C)c1ccc(C)c2c(C)csc12. The summed E-state index contributed by atoms with van der Waals surface area (Å²) in [6.07, 6.45) is 3.94. The fourth-order valence-electron chi connectivity index (χ4n) is 2.57. The summed E-state index contributed by atoms with van der Waals surface area (Å²) >= 11 is 1.92. The maximum Gasteiger partial charge on any atom is 0.0382 e. The van der Waals surface area contributed by atoms with Crippen molar-refractivity contribution in [3.8, 4) is 0 Å². The molecule has 0 saturated heterocycles. The van der Waals surface area contributed by atoms with Gasteiger partial charge in [0.1, 0.15) is 0 Å². The molecule has 1 heteroatoms. The molecule has 92 valence electrons. The fourth-order valence-corrected chi connectivity index (χ4v) is 3.83. The molecule has 2 rings (SSSR count). The number of hydrogen-bond donors (Lipinski definition) is 0. The van der Waals surface area contributed by atoms with Crippen molar-refractivity contribution in [2.45, 2.75) is 52.9 Å². The van der Waals surface area contributed by atoms with Crippen LogP contribution < -0.4 is 0 Å². The monoisotopic (exact) mass is 246 g/mol. The lowest BCUT2D eigenvalue weighted by Gasteiger charge is -2.13. The smallest absolute Gasteiger partial charge is 0.0382 e. The number of benzene rings is 1. The van der Waals surface area contributed by atoms with E-state index < -0.39 is 0 Å². The fraction of sp³-hybridized carbons (Fsp3) is 0.500. The van der Waals surface area contributed by atoms with E-state index in [1.165, 1.54) is 40.5 Å². The second-order valence-electron chi connectivity index (χ2n) is 5.14. The largest absolute Gasteiger partial charge is 0.143 e. The van der Waals surface area contributed by atoms with Gasteiger partial charge in [0.05, 0.1) is 0 Å². The zero-order valence-corrected chi connectivity index (χ0v) is 12.2. The molecular weight excluding hydrogens is 224 g/mol. The normalized spacial score (nSPS) is 13.2. The summed E-state index contributed by atoms with van der Waals surface area (Å²) in [5, 5.41) is 3.80. The van der Waals surface area contributed by atoms with Gasteiger partial charge in [-0.05, 0) is 53.6 Å². The van der Waals surface area contributed by atoms with E-state index >= 15 is 0 Å². The van der Waals surface area contributed by atoms with Crippen LogP contribution in [0.15, 0.2) is 17.5 Å². The van der Waals surface area contributed by atoms with Crippen LogP contribution in [0.5, 0.6) is 0 Å². The van der Waals surface area contributed by atoms with Crippen LogP contribution in [0.1, 0.15) is 55.7 Å². The van der Waals surface area contributed by atoms with Crippen molar-refractivity contribution < 1.29 is 0 Å². The first kappa shape index (κ1) is 12.6. The lowest BCUT2D eigenvalue weighted by molar-refractivity contribution is 0.628. The van der Waals surface area contributed by atoms with Gasteiger partial charge < -0.3 is 0 Å². The molecule has 0 aliphatic rings. The molecule has 2 aromatic rings. The van der Waals surface area contributed by atoms with Gasteiger partial charge in [0.2, 0.25) is 0 Å². The van der Waals surface area contributed by atoms with Gasteiger partial charge in [0.25, 0.3) is 0 Å².